The fourth-order valence-electron chi connectivity index (χ4n) is 4.44. The second kappa shape index (κ2) is 20.2. The number of nitrogens with two attached hydrogens (primary N) is 2. The molecule has 2 heteroatoms. The Balaban J connectivity index is 0.00000118. The average molecular weight is 441 g/mol. The van der Waals surface area contributed by atoms with E-state index in [1.54, 1.807) is 11.1 Å². The first kappa shape index (κ1) is 28.7. The van der Waals surface area contributed by atoms with Crippen LogP contribution in [0.15, 0.2) is 36.4 Å². The number of rotatable bonds is 17. The first-order valence-corrected chi connectivity index (χ1v) is 13.7. The topological polar surface area (TPSA) is 52.0 Å². The van der Waals surface area contributed by atoms with E-state index in [0.29, 0.717) is 13.1 Å². The summed E-state index contributed by atoms with van der Waals surface area (Å²) in [4.78, 5) is 0. The van der Waals surface area contributed by atoms with E-state index in [2.05, 4.69) is 50.2 Å². The van der Waals surface area contributed by atoms with Crippen molar-refractivity contribution in [3.8, 4) is 0 Å². The van der Waals surface area contributed by atoms with Gasteiger partial charge in [-0.2, -0.15) is 0 Å². The Hall–Kier alpha value is -1.38. The third-order valence-corrected chi connectivity index (χ3v) is 6.38. The number of benzene rings is 2. The van der Waals surface area contributed by atoms with Crippen LogP contribution >= 0.6 is 0 Å². The van der Waals surface area contributed by atoms with Crippen LogP contribution in [0.2, 0.25) is 0 Å². The van der Waals surface area contributed by atoms with Gasteiger partial charge in [0, 0.05) is 13.1 Å². The summed E-state index contributed by atoms with van der Waals surface area (Å²) >= 11 is 0. The molecule has 0 aliphatic carbocycles. The van der Waals surface area contributed by atoms with Gasteiger partial charge in [-0.1, -0.05) is 127 Å². The van der Waals surface area contributed by atoms with Crippen molar-refractivity contribution in [1.82, 2.24) is 0 Å². The Morgan fingerprint density at radius 3 is 1.59 bits per heavy atom. The lowest BCUT2D eigenvalue weighted by atomic mass is 9.91. The Morgan fingerprint density at radius 2 is 1.03 bits per heavy atom. The number of fused-ring (bicyclic) bond motifs is 1. The smallest absolute Gasteiger partial charge is 0.00461 e. The molecule has 0 aromatic heterocycles. The third-order valence-electron chi connectivity index (χ3n) is 6.38. The summed E-state index contributed by atoms with van der Waals surface area (Å²) in [5, 5.41) is 2.93. The van der Waals surface area contributed by atoms with Gasteiger partial charge >= 0.3 is 0 Å². The molecule has 0 amide bonds. The van der Waals surface area contributed by atoms with Gasteiger partial charge in [-0.15, -0.1) is 0 Å². The van der Waals surface area contributed by atoms with Crippen molar-refractivity contribution >= 4 is 10.8 Å². The van der Waals surface area contributed by atoms with E-state index >= 15 is 0 Å². The zero-order valence-electron chi connectivity index (χ0n) is 21.3. The van der Waals surface area contributed by atoms with Crippen LogP contribution in [0.1, 0.15) is 115 Å². The highest BCUT2D eigenvalue weighted by Crippen LogP contribution is 2.26. The van der Waals surface area contributed by atoms with Gasteiger partial charge in [-0.25, -0.2) is 0 Å². The summed E-state index contributed by atoms with van der Waals surface area (Å²) < 4.78 is 0. The van der Waals surface area contributed by atoms with Crippen molar-refractivity contribution < 1.29 is 0 Å². The minimum atomic E-state index is 0.597. The lowest BCUT2D eigenvalue weighted by Gasteiger charge is -2.14. The first-order chi connectivity index (χ1) is 15.8. The molecule has 32 heavy (non-hydrogen) atoms. The van der Waals surface area contributed by atoms with Gasteiger partial charge in [0.1, 0.15) is 0 Å². The highest BCUT2D eigenvalue weighted by molar-refractivity contribution is 5.86. The SMILES string of the molecule is CCCCCCCCCc1ccc2ccccc2c1CCCCCCCCC.NCCN. The van der Waals surface area contributed by atoms with Gasteiger partial charge in [0.25, 0.3) is 0 Å². The van der Waals surface area contributed by atoms with Gasteiger partial charge < -0.3 is 11.5 Å². The van der Waals surface area contributed by atoms with Crippen LogP contribution in [0.25, 0.3) is 10.8 Å². The minimum Gasteiger partial charge on any atom is -0.329 e. The molecule has 0 saturated heterocycles. The van der Waals surface area contributed by atoms with Crippen LogP contribution in [0, 0.1) is 0 Å². The van der Waals surface area contributed by atoms with Crippen molar-refractivity contribution in [3.05, 3.63) is 47.5 Å². The lowest BCUT2D eigenvalue weighted by Crippen LogP contribution is -2.11. The van der Waals surface area contributed by atoms with Gasteiger partial charge in [0.05, 0.1) is 0 Å². The van der Waals surface area contributed by atoms with E-state index in [1.807, 2.05) is 0 Å². The lowest BCUT2D eigenvalue weighted by molar-refractivity contribution is 0.583. The van der Waals surface area contributed by atoms with Crippen LogP contribution < -0.4 is 11.5 Å². The molecule has 0 fully saturated rings. The predicted octanol–water partition coefficient (Wildman–Crippen LogP) is 8.33. The summed E-state index contributed by atoms with van der Waals surface area (Å²) in [6.45, 7) is 5.79. The van der Waals surface area contributed by atoms with Crippen molar-refractivity contribution in [3.63, 3.8) is 0 Å². The molecule has 0 radical (unpaired) electrons. The minimum absolute atomic E-state index is 0.597. The van der Waals surface area contributed by atoms with E-state index in [0.717, 1.165) is 0 Å². The fourth-order valence-corrected chi connectivity index (χ4v) is 4.44. The summed E-state index contributed by atoms with van der Waals surface area (Å²) in [5.41, 5.74) is 13.1. The van der Waals surface area contributed by atoms with Crippen molar-refractivity contribution in [2.24, 2.45) is 11.5 Å². The molecule has 4 N–H and O–H groups in total. The van der Waals surface area contributed by atoms with Crippen LogP contribution in [0.5, 0.6) is 0 Å². The second-order valence-electron chi connectivity index (χ2n) is 9.24. The van der Waals surface area contributed by atoms with Gasteiger partial charge in [-0.05, 0) is 47.6 Å². The van der Waals surface area contributed by atoms with E-state index in [-0.39, 0.29) is 0 Å². The molecule has 0 bridgehead atoms. The van der Waals surface area contributed by atoms with Gasteiger partial charge in [0.2, 0.25) is 0 Å². The molecule has 0 aliphatic rings. The Labute approximate surface area is 199 Å². The zero-order chi connectivity index (χ0) is 23.3. The maximum absolute atomic E-state index is 4.90. The van der Waals surface area contributed by atoms with E-state index in [4.69, 9.17) is 11.5 Å². The number of unbranched alkanes of at least 4 members (excludes halogenated alkanes) is 12. The molecular weight excluding hydrogens is 388 g/mol. The van der Waals surface area contributed by atoms with Crippen LogP contribution in [0.4, 0.5) is 0 Å². The van der Waals surface area contributed by atoms with Crippen LogP contribution in [-0.4, -0.2) is 13.1 Å². The van der Waals surface area contributed by atoms with Crippen LogP contribution in [0.3, 0.4) is 0 Å². The van der Waals surface area contributed by atoms with E-state index < -0.39 is 0 Å². The molecule has 0 heterocycles. The first-order valence-electron chi connectivity index (χ1n) is 13.7. The largest absolute Gasteiger partial charge is 0.329 e. The van der Waals surface area contributed by atoms with E-state index in [9.17, 15) is 0 Å². The molecule has 182 valence electrons. The molecule has 0 unspecified atom stereocenters. The van der Waals surface area contributed by atoms with Gasteiger partial charge in [0.15, 0.2) is 0 Å². The Bertz CT molecular complexity index is 678. The Kier molecular flexibility index (Phi) is 18.1. The quantitative estimate of drug-likeness (QED) is 0.243. The van der Waals surface area contributed by atoms with Crippen molar-refractivity contribution in [1.29, 1.82) is 0 Å². The van der Waals surface area contributed by atoms with Gasteiger partial charge in [-0.3, -0.25) is 0 Å². The molecule has 2 aromatic carbocycles. The molecule has 0 spiro atoms. The zero-order valence-corrected chi connectivity index (χ0v) is 21.3. The van der Waals surface area contributed by atoms with E-state index in [1.165, 1.54) is 114 Å². The monoisotopic (exact) mass is 440 g/mol. The highest BCUT2D eigenvalue weighted by atomic mass is 14.6. The number of hydrogen-bond acceptors (Lipinski definition) is 2. The van der Waals surface area contributed by atoms with Crippen molar-refractivity contribution in [2.75, 3.05) is 13.1 Å². The summed E-state index contributed by atoms with van der Waals surface area (Å²) in [5.74, 6) is 0. The normalized spacial score (nSPS) is 10.9. The highest BCUT2D eigenvalue weighted by Gasteiger charge is 2.08. The molecule has 2 nitrogen and oxygen atoms in total. The molecule has 0 atom stereocenters. The molecule has 2 rings (SSSR count). The predicted molar refractivity (Wildman–Crippen MR) is 145 cm³/mol. The summed E-state index contributed by atoms with van der Waals surface area (Å²) in [7, 11) is 0. The maximum Gasteiger partial charge on any atom is 0.00461 e. The second-order valence-corrected chi connectivity index (χ2v) is 9.24. The number of hydrogen-bond donors (Lipinski definition) is 2. The fraction of sp³-hybridized carbons (Fsp3) is 0.667. The molecule has 0 aliphatic heterocycles. The molecule has 0 saturated carbocycles. The third kappa shape index (κ3) is 12.6. The van der Waals surface area contributed by atoms with Crippen molar-refractivity contribution in [2.45, 2.75) is 117 Å². The maximum atomic E-state index is 4.90. The summed E-state index contributed by atoms with van der Waals surface area (Å²) in [6, 6.07) is 13.8. The molecular formula is C30H52N2. The Morgan fingerprint density at radius 1 is 0.531 bits per heavy atom. The number of aryl methyl sites for hydroxylation is 2. The summed E-state index contributed by atoms with van der Waals surface area (Å²) in [6.07, 6.45) is 22.1. The average Bonchev–Trinajstić information content (AvgIpc) is 2.83. The van der Waals surface area contributed by atoms with Crippen LogP contribution in [-0.2, 0) is 12.8 Å². The molecule has 2 aromatic rings. The standard InChI is InChI=1S/C28H44.C2H8N2/c1-3-5-7-9-11-13-15-19-25-23-24-26-20-17-18-22-28(26)27(25)21-16-14-12-10-8-6-4-2;3-1-2-4/h17-18,20,22-24H,3-16,19,21H2,1-2H3;1-4H2.